The van der Waals surface area contributed by atoms with E-state index in [9.17, 15) is 13.2 Å². The second kappa shape index (κ2) is 9.66. The first kappa shape index (κ1) is 22.4. The number of likely N-dealkylation sites (N-methyl/N-ethyl adjacent to an activating group) is 1. The van der Waals surface area contributed by atoms with Gasteiger partial charge in [0.2, 0.25) is 0 Å². The minimum absolute atomic E-state index is 0.0973. The zero-order chi connectivity index (χ0) is 22.4. The highest BCUT2D eigenvalue weighted by Crippen LogP contribution is 2.24. The molecule has 7 heteroatoms. The van der Waals surface area contributed by atoms with E-state index in [0.29, 0.717) is 18.0 Å². The molecule has 0 unspecified atom stereocenters. The Morgan fingerprint density at radius 2 is 1.48 bits per heavy atom. The zero-order valence-corrected chi connectivity index (χ0v) is 18.7. The lowest BCUT2D eigenvalue weighted by molar-refractivity contribution is -0.132. The Balaban J connectivity index is 1.59. The average Bonchev–Trinajstić information content (AvgIpc) is 2.79. The number of nitrogens with zero attached hydrogens (tertiary/aromatic N) is 2. The highest BCUT2D eigenvalue weighted by Gasteiger charge is 2.21. The van der Waals surface area contributed by atoms with Gasteiger partial charge < -0.3 is 9.64 Å². The maximum atomic E-state index is 12.7. The molecule has 162 valence electrons. The van der Waals surface area contributed by atoms with Gasteiger partial charge in [0.05, 0.1) is 10.6 Å². The number of ether oxygens (including phenoxy) is 1. The Kier molecular flexibility index (Phi) is 6.97. The molecule has 0 aliphatic heterocycles. The third kappa shape index (κ3) is 5.44. The monoisotopic (exact) mass is 438 g/mol. The summed E-state index contributed by atoms with van der Waals surface area (Å²) in [6.07, 6.45) is 0. The smallest absolute Gasteiger partial charge is 0.264 e. The van der Waals surface area contributed by atoms with E-state index >= 15 is 0 Å². The van der Waals surface area contributed by atoms with Crippen molar-refractivity contribution in [1.82, 2.24) is 4.90 Å². The number of hydrogen-bond donors (Lipinski definition) is 0. The van der Waals surface area contributed by atoms with E-state index < -0.39 is 10.0 Å². The minimum Gasteiger partial charge on any atom is -0.484 e. The van der Waals surface area contributed by atoms with E-state index in [1.165, 1.54) is 11.4 Å². The SMILES string of the molecule is Cc1ccccc1CN(C)C(=O)COc1ccc(N(C)S(=O)(=O)c2ccccc2)cc1. The maximum Gasteiger partial charge on any atom is 0.264 e. The normalized spacial score (nSPS) is 11.1. The molecular weight excluding hydrogens is 412 g/mol. The fourth-order valence-electron chi connectivity index (χ4n) is 3.03. The molecule has 31 heavy (non-hydrogen) atoms. The lowest BCUT2D eigenvalue weighted by Crippen LogP contribution is -2.31. The second-order valence-corrected chi connectivity index (χ2v) is 9.21. The van der Waals surface area contributed by atoms with Crippen molar-refractivity contribution in [2.24, 2.45) is 0 Å². The van der Waals surface area contributed by atoms with E-state index in [2.05, 4.69) is 0 Å². The van der Waals surface area contributed by atoms with Gasteiger partial charge in [0.15, 0.2) is 6.61 Å². The molecule has 6 nitrogen and oxygen atoms in total. The van der Waals surface area contributed by atoms with Crippen molar-refractivity contribution < 1.29 is 17.9 Å². The van der Waals surface area contributed by atoms with Gasteiger partial charge in [0, 0.05) is 20.6 Å². The molecule has 3 aromatic rings. The van der Waals surface area contributed by atoms with E-state index in [0.717, 1.165) is 11.1 Å². The van der Waals surface area contributed by atoms with Crippen molar-refractivity contribution in [3.8, 4) is 5.75 Å². The summed E-state index contributed by atoms with van der Waals surface area (Å²) in [5, 5.41) is 0. The van der Waals surface area contributed by atoms with E-state index in [-0.39, 0.29) is 17.4 Å². The summed E-state index contributed by atoms with van der Waals surface area (Å²) < 4.78 is 32.3. The van der Waals surface area contributed by atoms with Crippen molar-refractivity contribution in [3.05, 3.63) is 90.0 Å². The van der Waals surface area contributed by atoms with Crippen LogP contribution >= 0.6 is 0 Å². The van der Waals surface area contributed by atoms with Crippen molar-refractivity contribution in [1.29, 1.82) is 0 Å². The fraction of sp³-hybridized carbons (Fsp3) is 0.208. The first-order chi connectivity index (χ1) is 14.8. The number of aryl methyl sites for hydroxylation is 1. The molecule has 0 aliphatic carbocycles. The first-order valence-electron chi connectivity index (χ1n) is 9.84. The average molecular weight is 439 g/mol. The van der Waals surface area contributed by atoms with Crippen molar-refractivity contribution in [3.63, 3.8) is 0 Å². The van der Waals surface area contributed by atoms with Crippen LogP contribution in [-0.2, 0) is 21.4 Å². The zero-order valence-electron chi connectivity index (χ0n) is 17.9. The molecule has 0 aliphatic rings. The molecule has 0 atom stereocenters. The lowest BCUT2D eigenvalue weighted by atomic mass is 10.1. The number of sulfonamides is 1. The van der Waals surface area contributed by atoms with Gasteiger partial charge in [-0.3, -0.25) is 9.10 Å². The van der Waals surface area contributed by atoms with Crippen LogP contribution in [0.15, 0.2) is 83.8 Å². The maximum absolute atomic E-state index is 12.7. The summed E-state index contributed by atoms with van der Waals surface area (Å²) in [5.41, 5.74) is 2.72. The van der Waals surface area contributed by atoms with Crippen LogP contribution < -0.4 is 9.04 Å². The van der Waals surface area contributed by atoms with Gasteiger partial charge in [0.1, 0.15) is 5.75 Å². The highest BCUT2D eigenvalue weighted by atomic mass is 32.2. The Bertz CT molecular complexity index is 1130. The number of hydrogen-bond acceptors (Lipinski definition) is 4. The Morgan fingerprint density at radius 3 is 2.13 bits per heavy atom. The van der Waals surface area contributed by atoms with Crippen LogP contribution in [0, 0.1) is 6.92 Å². The molecule has 0 saturated heterocycles. The molecule has 0 fully saturated rings. The molecule has 0 aromatic heterocycles. The van der Waals surface area contributed by atoms with E-state index in [1.54, 1.807) is 66.5 Å². The van der Waals surface area contributed by atoms with Crippen LogP contribution in [0.2, 0.25) is 0 Å². The van der Waals surface area contributed by atoms with Crippen LogP contribution in [-0.4, -0.2) is 39.9 Å². The van der Waals surface area contributed by atoms with Gasteiger partial charge in [-0.25, -0.2) is 8.42 Å². The molecule has 3 aromatic carbocycles. The third-order valence-electron chi connectivity index (χ3n) is 5.06. The van der Waals surface area contributed by atoms with Crippen molar-refractivity contribution in [2.45, 2.75) is 18.4 Å². The van der Waals surface area contributed by atoms with Crippen LogP contribution in [0.1, 0.15) is 11.1 Å². The summed E-state index contributed by atoms with van der Waals surface area (Å²) in [4.78, 5) is 14.3. The fourth-order valence-corrected chi connectivity index (χ4v) is 4.24. The summed E-state index contributed by atoms with van der Waals surface area (Å²) in [7, 11) is -0.400. The van der Waals surface area contributed by atoms with Crippen LogP contribution in [0.4, 0.5) is 5.69 Å². The van der Waals surface area contributed by atoms with Crippen LogP contribution in [0.25, 0.3) is 0 Å². The summed E-state index contributed by atoms with van der Waals surface area (Å²) in [6, 6.07) is 22.8. The molecule has 0 N–H and O–H groups in total. The molecule has 0 radical (unpaired) electrons. The number of amides is 1. The number of anilines is 1. The highest BCUT2D eigenvalue weighted by molar-refractivity contribution is 7.92. The number of rotatable bonds is 8. The lowest BCUT2D eigenvalue weighted by Gasteiger charge is -2.20. The quantitative estimate of drug-likeness (QED) is 0.536. The van der Waals surface area contributed by atoms with Gasteiger partial charge in [-0.05, 0) is 54.4 Å². The predicted octanol–water partition coefficient (Wildman–Crippen LogP) is 3.86. The van der Waals surface area contributed by atoms with E-state index in [4.69, 9.17) is 4.74 Å². The number of carbonyl (C=O) groups is 1. The van der Waals surface area contributed by atoms with Gasteiger partial charge in [-0.2, -0.15) is 0 Å². The standard InChI is InChI=1S/C24H26N2O4S/c1-19-9-7-8-10-20(19)17-25(2)24(27)18-30-22-15-13-21(14-16-22)26(3)31(28,29)23-11-5-4-6-12-23/h4-16H,17-18H2,1-3H3. The Labute approximate surface area is 183 Å². The Hall–Kier alpha value is -3.32. The molecule has 1 amide bonds. The van der Waals surface area contributed by atoms with Gasteiger partial charge in [-0.1, -0.05) is 42.5 Å². The van der Waals surface area contributed by atoms with Crippen LogP contribution in [0.5, 0.6) is 5.75 Å². The molecule has 0 saturated carbocycles. The van der Waals surface area contributed by atoms with Crippen molar-refractivity contribution in [2.75, 3.05) is 25.0 Å². The van der Waals surface area contributed by atoms with Crippen molar-refractivity contribution >= 4 is 21.6 Å². The van der Waals surface area contributed by atoms with E-state index in [1.807, 2.05) is 31.2 Å². The summed E-state index contributed by atoms with van der Waals surface area (Å²) in [5.74, 6) is 0.350. The minimum atomic E-state index is -3.64. The van der Waals surface area contributed by atoms with Crippen LogP contribution in [0.3, 0.4) is 0 Å². The predicted molar refractivity (Wildman–Crippen MR) is 122 cm³/mol. The summed E-state index contributed by atoms with van der Waals surface area (Å²) in [6.45, 7) is 2.43. The van der Waals surface area contributed by atoms with Gasteiger partial charge >= 0.3 is 0 Å². The largest absolute Gasteiger partial charge is 0.484 e. The Morgan fingerprint density at radius 1 is 0.871 bits per heavy atom. The third-order valence-corrected chi connectivity index (χ3v) is 6.86. The molecule has 3 rings (SSSR count). The van der Waals surface area contributed by atoms with Gasteiger partial charge in [0.25, 0.3) is 15.9 Å². The molecular formula is C24H26N2O4S. The number of benzene rings is 3. The topological polar surface area (TPSA) is 66.9 Å². The summed E-state index contributed by atoms with van der Waals surface area (Å²) >= 11 is 0. The number of carbonyl (C=O) groups excluding carboxylic acids is 1. The van der Waals surface area contributed by atoms with Gasteiger partial charge in [-0.15, -0.1) is 0 Å². The second-order valence-electron chi connectivity index (χ2n) is 7.24. The molecule has 0 spiro atoms. The first-order valence-corrected chi connectivity index (χ1v) is 11.3. The molecule has 0 heterocycles. The molecule has 0 bridgehead atoms.